The molecule has 0 saturated carbocycles. The Labute approximate surface area is 169 Å². The fourth-order valence-corrected chi connectivity index (χ4v) is 3.35. The molecule has 4 N–H and O–H groups in total. The number of carbonyl (C=O) groups is 3. The average molecular weight is 398 g/mol. The summed E-state index contributed by atoms with van der Waals surface area (Å²) >= 11 is 0. The van der Waals surface area contributed by atoms with E-state index in [1.54, 1.807) is 36.6 Å². The van der Waals surface area contributed by atoms with Crippen molar-refractivity contribution < 1.29 is 18.8 Å². The lowest BCUT2D eigenvalue weighted by molar-refractivity contribution is -0.127. The van der Waals surface area contributed by atoms with Crippen molar-refractivity contribution in [2.45, 2.75) is 25.8 Å². The molecule has 1 saturated heterocycles. The lowest BCUT2D eigenvalue weighted by Crippen LogP contribution is -2.41. The van der Waals surface area contributed by atoms with Gasteiger partial charge in [-0.2, -0.15) is 0 Å². The number of hydrogen-bond donors (Lipinski definition) is 3. The van der Waals surface area contributed by atoms with Gasteiger partial charge in [0.05, 0.1) is 12.8 Å². The first kappa shape index (κ1) is 20.6. The molecule has 0 atom stereocenters. The first-order valence-electron chi connectivity index (χ1n) is 9.73. The highest BCUT2D eigenvalue weighted by Crippen LogP contribution is 2.18. The van der Waals surface area contributed by atoms with Crippen LogP contribution in [0.4, 0.5) is 5.69 Å². The molecule has 1 aliphatic heterocycles. The number of nitrogens with two attached hydrogens (primary N) is 1. The van der Waals surface area contributed by atoms with E-state index in [9.17, 15) is 14.4 Å². The van der Waals surface area contributed by atoms with Crippen LogP contribution < -0.4 is 16.4 Å². The SMILES string of the molecule is NC(=O)c1ccc(NC(=O)CCN2CCC(C(=O)NCc3ccco3)CC2)cc1. The summed E-state index contributed by atoms with van der Waals surface area (Å²) in [7, 11) is 0. The Bertz CT molecular complexity index is 825. The third-order valence-electron chi connectivity index (χ3n) is 5.08. The second-order valence-electron chi connectivity index (χ2n) is 7.15. The van der Waals surface area contributed by atoms with Crippen LogP contribution in [-0.4, -0.2) is 42.3 Å². The smallest absolute Gasteiger partial charge is 0.248 e. The largest absolute Gasteiger partial charge is 0.467 e. The number of carbonyl (C=O) groups excluding carboxylic acids is 3. The van der Waals surface area contributed by atoms with E-state index in [0.29, 0.717) is 30.8 Å². The number of furan rings is 1. The average Bonchev–Trinajstić information content (AvgIpc) is 3.25. The van der Waals surface area contributed by atoms with Gasteiger partial charge < -0.3 is 25.7 Å². The monoisotopic (exact) mass is 398 g/mol. The number of anilines is 1. The molecule has 8 heteroatoms. The molecule has 3 amide bonds. The van der Waals surface area contributed by atoms with Gasteiger partial charge in [-0.1, -0.05) is 0 Å². The van der Waals surface area contributed by atoms with E-state index >= 15 is 0 Å². The molecule has 0 radical (unpaired) electrons. The van der Waals surface area contributed by atoms with Gasteiger partial charge in [-0.15, -0.1) is 0 Å². The molecule has 1 aromatic heterocycles. The van der Waals surface area contributed by atoms with E-state index < -0.39 is 5.91 Å². The standard InChI is InChI=1S/C21H26N4O4/c22-20(27)15-3-5-17(6-4-15)24-19(26)9-12-25-10-7-16(8-11-25)21(28)23-14-18-2-1-13-29-18/h1-6,13,16H,7-12,14H2,(H2,22,27)(H,23,28)(H,24,26). The summed E-state index contributed by atoms with van der Waals surface area (Å²) < 4.78 is 5.22. The number of primary amides is 1. The van der Waals surface area contributed by atoms with E-state index in [0.717, 1.165) is 31.7 Å². The van der Waals surface area contributed by atoms with Gasteiger partial charge in [0, 0.05) is 30.1 Å². The van der Waals surface area contributed by atoms with E-state index in [-0.39, 0.29) is 17.7 Å². The van der Waals surface area contributed by atoms with Crippen LogP contribution in [0.25, 0.3) is 0 Å². The molecule has 0 unspecified atom stereocenters. The fraction of sp³-hybridized carbons (Fsp3) is 0.381. The summed E-state index contributed by atoms with van der Waals surface area (Å²) in [5.41, 5.74) is 6.24. The third kappa shape index (κ3) is 6.18. The molecule has 2 aromatic rings. The van der Waals surface area contributed by atoms with Crippen molar-refractivity contribution in [3.05, 3.63) is 54.0 Å². The van der Waals surface area contributed by atoms with Gasteiger partial charge >= 0.3 is 0 Å². The van der Waals surface area contributed by atoms with Crippen LogP contribution in [0.15, 0.2) is 47.1 Å². The number of likely N-dealkylation sites (tertiary alicyclic amines) is 1. The maximum absolute atomic E-state index is 12.3. The number of benzene rings is 1. The highest BCUT2D eigenvalue weighted by molar-refractivity contribution is 5.94. The molecule has 29 heavy (non-hydrogen) atoms. The van der Waals surface area contributed by atoms with Crippen molar-refractivity contribution in [3.8, 4) is 0 Å². The number of rotatable bonds is 8. The predicted octanol–water partition coefficient (Wildman–Crippen LogP) is 1.74. The first-order valence-corrected chi connectivity index (χ1v) is 9.73. The summed E-state index contributed by atoms with van der Waals surface area (Å²) in [6.07, 6.45) is 3.51. The van der Waals surface area contributed by atoms with Crippen molar-refractivity contribution >= 4 is 23.4 Å². The van der Waals surface area contributed by atoms with Crippen LogP contribution in [0, 0.1) is 5.92 Å². The molecular weight excluding hydrogens is 372 g/mol. The second kappa shape index (κ2) is 9.88. The number of nitrogens with zero attached hydrogens (tertiary/aromatic N) is 1. The Hall–Kier alpha value is -3.13. The highest BCUT2D eigenvalue weighted by atomic mass is 16.3. The van der Waals surface area contributed by atoms with Gasteiger partial charge in [0.2, 0.25) is 17.7 Å². The van der Waals surface area contributed by atoms with Crippen LogP contribution in [0.3, 0.4) is 0 Å². The van der Waals surface area contributed by atoms with Crippen molar-refractivity contribution in [2.24, 2.45) is 11.7 Å². The van der Waals surface area contributed by atoms with Crippen molar-refractivity contribution in [3.63, 3.8) is 0 Å². The van der Waals surface area contributed by atoms with Crippen LogP contribution in [0.5, 0.6) is 0 Å². The quantitative estimate of drug-likeness (QED) is 0.626. The maximum Gasteiger partial charge on any atom is 0.248 e. The van der Waals surface area contributed by atoms with Gasteiger partial charge in [0.15, 0.2) is 0 Å². The zero-order valence-electron chi connectivity index (χ0n) is 16.2. The molecule has 1 aliphatic rings. The molecule has 3 rings (SSSR count). The molecule has 0 aliphatic carbocycles. The normalized spacial score (nSPS) is 15.0. The highest BCUT2D eigenvalue weighted by Gasteiger charge is 2.25. The Balaban J connectivity index is 1.34. The number of amides is 3. The minimum Gasteiger partial charge on any atom is -0.467 e. The van der Waals surface area contributed by atoms with E-state index in [4.69, 9.17) is 10.2 Å². The van der Waals surface area contributed by atoms with Crippen LogP contribution in [0.1, 0.15) is 35.4 Å². The zero-order valence-corrected chi connectivity index (χ0v) is 16.2. The molecular formula is C21H26N4O4. The van der Waals surface area contributed by atoms with Gasteiger partial charge in [0.25, 0.3) is 0 Å². The number of piperidine rings is 1. The molecule has 0 spiro atoms. The third-order valence-corrected chi connectivity index (χ3v) is 5.08. The Morgan fingerprint density at radius 1 is 1.10 bits per heavy atom. The first-order chi connectivity index (χ1) is 14.0. The minimum atomic E-state index is -0.499. The lowest BCUT2D eigenvalue weighted by Gasteiger charge is -2.31. The van der Waals surface area contributed by atoms with Gasteiger partial charge in [0.1, 0.15) is 5.76 Å². The Morgan fingerprint density at radius 2 is 1.83 bits per heavy atom. The molecule has 1 aromatic carbocycles. The zero-order chi connectivity index (χ0) is 20.6. The maximum atomic E-state index is 12.3. The summed E-state index contributed by atoms with van der Waals surface area (Å²) in [6.45, 7) is 2.64. The lowest BCUT2D eigenvalue weighted by atomic mass is 9.96. The fourth-order valence-electron chi connectivity index (χ4n) is 3.35. The van der Waals surface area contributed by atoms with Gasteiger partial charge in [-0.3, -0.25) is 14.4 Å². The van der Waals surface area contributed by atoms with Crippen molar-refractivity contribution in [1.29, 1.82) is 0 Å². The summed E-state index contributed by atoms with van der Waals surface area (Å²) in [5.74, 6) is 0.208. The summed E-state index contributed by atoms with van der Waals surface area (Å²) in [5, 5.41) is 5.73. The van der Waals surface area contributed by atoms with E-state index in [1.807, 2.05) is 6.07 Å². The van der Waals surface area contributed by atoms with E-state index in [1.165, 1.54) is 0 Å². The van der Waals surface area contributed by atoms with E-state index in [2.05, 4.69) is 15.5 Å². The topological polar surface area (TPSA) is 118 Å². The van der Waals surface area contributed by atoms with Crippen molar-refractivity contribution in [1.82, 2.24) is 10.2 Å². The number of nitrogens with one attached hydrogen (secondary N) is 2. The van der Waals surface area contributed by atoms with Gasteiger partial charge in [-0.25, -0.2) is 0 Å². The number of hydrogen-bond acceptors (Lipinski definition) is 5. The van der Waals surface area contributed by atoms with Crippen LogP contribution in [0.2, 0.25) is 0 Å². The predicted molar refractivity (Wildman–Crippen MR) is 108 cm³/mol. The minimum absolute atomic E-state index is 0.00110. The Morgan fingerprint density at radius 3 is 2.45 bits per heavy atom. The molecule has 1 fully saturated rings. The van der Waals surface area contributed by atoms with Gasteiger partial charge in [-0.05, 0) is 62.3 Å². The molecule has 8 nitrogen and oxygen atoms in total. The molecule has 2 heterocycles. The van der Waals surface area contributed by atoms with Crippen LogP contribution >= 0.6 is 0 Å². The van der Waals surface area contributed by atoms with Crippen LogP contribution in [-0.2, 0) is 16.1 Å². The summed E-state index contributed by atoms with van der Waals surface area (Å²) in [6, 6.07) is 10.1. The Kier molecular flexibility index (Phi) is 7.02. The van der Waals surface area contributed by atoms with Crippen molar-refractivity contribution in [2.75, 3.05) is 25.0 Å². The molecule has 0 bridgehead atoms. The molecule has 154 valence electrons. The summed E-state index contributed by atoms with van der Waals surface area (Å²) in [4.78, 5) is 37.7. The second-order valence-corrected chi connectivity index (χ2v) is 7.15.